The molecule has 8 heteroatoms. The number of aliphatic hydroxyl groups is 1. The van der Waals surface area contributed by atoms with Crippen LogP contribution in [-0.4, -0.2) is 40.8 Å². The summed E-state index contributed by atoms with van der Waals surface area (Å²) in [5.74, 6) is 0.0198. The van der Waals surface area contributed by atoms with Gasteiger partial charge in [0.15, 0.2) is 0 Å². The van der Waals surface area contributed by atoms with Crippen molar-refractivity contribution in [1.29, 1.82) is 0 Å². The fraction of sp³-hybridized carbons (Fsp3) is 0.826. The Bertz CT molecular complexity index is 842. The Labute approximate surface area is 181 Å². The van der Waals surface area contributed by atoms with Crippen molar-refractivity contribution >= 4 is 12.3 Å². The second kappa shape index (κ2) is 7.02. The van der Waals surface area contributed by atoms with Crippen LogP contribution in [0.4, 0.5) is 0 Å². The molecule has 1 heterocycles. The third kappa shape index (κ3) is 2.82. The van der Waals surface area contributed by atoms with Gasteiger partial charge in [0, 0.05) is 16.9 Å². The number of esters is 1. The zero-order valence-electron chi connectivity index (χ0n) is 18.0. The lowest BCUT2D eigenvalue weighted by atomic mass is 9.43. The van der Waals surface area contributed by atoms with Gasteiger partial charge in [-0.25, -0.2) is 4.79 Å². The van der Waals surface area contributed by atoms with Crippen molar-refractivity contribution in [3.63, 3.8) is 0 Å². The number of carbonyl (C=O) groups is 2. The maximum Gasteiger partial charge on any atom is 0.331 e. The Morgan fingerprint density at radius 1 is 1.19 bits per heavy atom. The highest BCUT2D eigenvalue weighted by molar-refractivity contribution is 5.85. The second-order valence-electron chi connectivity index (χ2n) is 10.7. The highest BCUT2D eigenvalue weighted by Crippen LogP contribution is 2.69. The average molecular weight is 434 g/mol. The summed E-state index contributed by atoms with van der Waals surface area (Å²) in [6, 6.07) is 0. The SMILES string of the molecule is C[C@]12CC[C@H]3[C@H](CC[C@@H]4C[C@H](O[N+](=O)[O-])CC[C@@]43C=O)[C@]1(O)CC[C@@H]2C1=CC(=O)OC1. The van der Waals surface area contributed by atoms with Gasteiger partial charge in [-0.3, -0.25) is 0 Å². The molecular weight excluding hydrogens is 402 g/mol. The maximum absolute atomic E-state index is 12.6. The first-order valence-electron chi connectivity index (χ1n) is 11.6. The molecule has 1 N–H and O–H groups in total. The van der Waals surface area contributed by atoms with Crippen LogP contribution in [0.1, 0.15) is 64.7 Å². The van der Waals surface area contributed by atoms with Crippen molar-refractivity contribution in [2.24, 2.45) is 34.5 Å². The normalized spacial score (nSPS) is 48.6. The van der Waals surface area contributed by atoms with E-state index in [4.69, 9.17) is 9.57 Å². The molecule has 5 rings (SSSR count). The Kier molecular flexibility index (Phi) is 4.74. The summed E-state index contributed by atoms with van der Waals surface area (Å²) < 4.78 is 5.16. The number of ether oxygens (including phenoxy) is 1. The number of hydrogen-bond acceptors (Lipinski definition) is 7. The van der Waals surface area contributed by atoms with E-state index in [-0.39, 0.29) is 35.1 Å². The van der Waals surface area contributed by atoms with Crippen LogP contribution in [0.2, 0.25) is 0 Å². The number of carbonyl (C=O) groups excluding carboxylic acids is 2. The Morgan fingerprint density at radius 3 is 2.68 bits per heavy atom. The highest BCUT2D eigenvalue weighted by atomic mass is 17.0. The molecule has 4 fully saturated rings. The van der Waals surface area contributed by atoms with E-state index in [9.17, 15) is 24.8 Å². The number of nitrogens with zero attached hydrogens (tertiary/aromatic N) is 1. The fourth-order valence-corrected chi connectivity index (χ4v) is 8.51. The summed E-state index contributed by atoms with van der Waals surface area (Å²) in [6.45, 7) is 2.48. The fourth-order valence-electron chi connectivity index (χ4n) is 8.51. The van der Waals surface area contributed by atoms with Gasteiger partial charge in [-0.2, -0.15) is 0 Å². The van der Waals surface area contributed by atoms with Gasteiger partial charge in [-0.1, -0.05) is 6.92 Å². The molecule has 5 aliphatic rings. The molecule has 4 saturated carbocycles. The van der Waals surface area contributed by atoms with Crippen LogP contribution in [0.3, 0.4) is 0 Å². The minimum Gasteiger partial charge on any atom is -0.458 e. The summed E-state index contributed by atoms with van der Waals surface area (Å²) in [7, 11) is 0. The van der Waals surface area contributed by atoms with Gasteiger partial charge in [0.1, 0.15) is 19.0 Å². The molecule has 0 aromatic rings. The van der Waals surface area contributed by atoms with Crippen LogP contribution in [0.25, 0.3) is 0 Å². The van der Waals surface area contributed by atoms with Crippen LogP contribution in [0, 0.1) is 44.6 Å². The van der Waals surface area contributed by atoms with Crippen LogP contribution in [-0.2, 0) is 19.2 Å². The van der Waals surface area contributed by atoms with E-state index in [1.54, 1.807) is 6.08 Å². The van der Waals surface area contributed by atoms with Gasteiger partial charge < -0.3 is 19.5 Å². The lowest BCUT2D eigenvalue weighted by molar-refractivity contribution is -0.769. The molecule has 170 valence electrons. The molecule has 0 aromatic carbocycles. The first-order valence-corrected chi connectivity index (χ1v) is 11.6. The molecule has 31 heavy (non-hydrogen) atoms. The largest absolute Gasteiger partial charge is 0.458 e. The minimum atomic E-state index is -0.873. The smallest absolute Gasteiger partial charge is 0.331 e. The van der Waals surface area contributed by atoms with Gasteiger partial charge >= 0.3 is 5.97 Å². The monoisotopic (exact) mass is 433 g/mol. The predicted molar refractivity (Wildman–Crippen MR) is 108 cm³/mol. The standard InChI is InChI=1S/C23H31NO7/c1-21-7-5-18-19(23(21,27)9-6-17(21)14-10-20(26)30-12-14)3-2-15-11-16(31-24(28)29)4-8-22(15,18)13-25/h10,13,15-19,27H,2-9,11-12H2,1H3/t15-,16-,17-,18+,19+,21-,22-,23-/m1/s1. The van der Waals surface area contributed by atoms with Gasteiger partial charge in [-0.05, 0) is 87.0 Å². The van der Waals surface area contributed by atoms with E-state index in [0.717, 1.165) is 44.0 Å². The molecule has 0 radical (unpaired) electrons. The van der Waals surface area contributed by atoms with Gasteiger partial charge in [0.2, 0.25) is 0 Å². The molecule has 0 amide bonds. The van der Waals surface area contributed by atoms with E-state index in [0.29, 0.717) is 32.3 Å². The van der Waals surface area contributed by atoms with Crippen LogP contribution in [0.15, 0.2) is 11.6 Å². The van der Waals surface area contributed by atoms with Crippen LogP contribution < -0.4 is 0 Å². The Balaban J connectivity index is 1.43. The number of fused-ring (bicyclic) bond motifs is 5. The van der Waals surface area contributed by atoms with Crippen molar-refractivity contribution in [3.8, 4) is 0 Å². The lowest BCUT2D eigenvalue weighted by Gasteiger charge is -2.63. The van der Waals surface area contributed by atoms with Gasteiger partial charge in [0.05, 0.1) is 5.60 Å². The number of aldehydes is 1. The zero-order valence-corrected chi connectivity index (χ0v) is 18.0. The number of cyclic esters (lactones) is 1. The molecule has 4 aliphatic carbocycles. The first kappa shape index (κ1) is 20.9. The van der Waals surface area contributed by atoms with E-state index in [1.165, 1.54) is 0 Å². The lowest BCUT2D eigenvalue weighted by Crippen LogP contribution is -2.63. The van der Waals surface area contributed by atoms with Gasteiger partial charge in [-0.15, -0.1) is 10.1 Å². The molecule has 0 spiro atoms. The summed E-state index contributed by atoms with van der Waals surface area (Å²) in [6.07, 6.45) is 8.68. The Hall–Kier alpha value is -1.96. The van der Waals surface area contributed by atoms with E-state index in [1.807, 2.05) is 0 Å². The summed E-state index contributed by atoms with van der Waals surface area (Å²) in [4.78, 5) is 39.9. The third-order valence-electron chi connectivity index (χ3n) is 9.96. The van der Waals surface area contributed by atoms with Crippen molar-refractivity contribution in [3.05, 3.63) is 21.8 Å². The molecule has 1 aliphatic heterocycles. The summed E-state index contributed by atoms with van der Waals surface area (Å²) in [5.41, 5.74) is -0.739. The maximum atomic E-state index is 12.6. The van der Waals surface area contributed by atoms with Gasteiger partial charge in [0.25, 0.3) is 5.09 Å². The van der Waals surface area contributed by atoms with Crippen molar-refractivity contribution in [2.45, 2.75) is 76.4 Å². The topological polar surface area (TPSA) is 116 Å². The molecule has 0 saturated heterocycles. The van der Waals surface area contributed by atoms with Crippen molar-refractivity contribution < 1.29 is 29.4 Å². The number of hydrogen-bond donors (Lipinski definition) is 1. The number of rotatable bonds is 4. The first-order chi connectivity index (χ1) is 14.7. The molecular formula is C23H31NO7. The molecule has 0 unspecified atom stereocenters. The summed E-state index contributed by atoms with van der Waals surface area (Å²) >= 11 is 0. The van der Waals surface area contributed by atoms with Crippen LogP contribution >= 0.6 is 0 Å². The second-order valence-corrected chi connectivity index (χ2v) is 10.7. The molecule has 0 bridgehead atoms. The molecule has 8 atom stereocenters. The quantitative estimate of drug-likeness (QED) is 0.313. The van der Waals surface area contributed by atoms with E-state index in [2.05, 4.69) is 6.92 Å². The third-order valence-corrected chi connectivity index (χ3v) is 9.96. The highest BCUT2D eigenvalue weighted by Gasteiger charge is 2.68. The Morgan fingerprint density at radius 2 is 2.00 bits per heavy atom. The van der Waals surface area contributed by atoms with Crippen molar-refractivity contribution in [2.75, 3.05) is 6.61 Å². The average Bonchev–Trinajstić information content (AvgIpc) is 3.27. The van der Waals surface area contributed by atoms with E-state index < -0.39 is 22.2 Å². The van der Waals surface area contributed by atoms with Crippen molar-refractivity contribution in [1.82, 2.24) is 0 Å². The zero-order chi connectivity index (χ0) is 22.0. The molecule has 0 aromatic heterocycles. The molecule has 8 nitrogen and oxygen atoms in total. The summed E-state index contributed by atoms with van der Waals surface area (Å²) in [5, 5.41) is 22.2. The van der Waals surface area contributed by atoms with Crippen LogP contribution in [0.5, 0.6) is 0 Å². The predicted octanol–water partition coefficient (Wildman–Crippen LogP) is 3.00. The van der Waals surface area contributed by atoms with E-state index >= 15 is 0 Å². The minimum absolute atomic E-state index is 0.0318.